The molecule has 0 atom stereocenters. The highest BCUT2D eigenvalue weighted by atomic mass is 16.7. The largest absolute Gasteiger partial charge is 0.489 e. The fourth-order valence-corrected chi connectivity index (χ4v) is 1.13. The predicted molar refractivity (Wildman–Crippen MR) is 80.2 cm³/mol. The quantitative estimate of drug-likeness (QED) is 0.326. The van der Waals surface area contributed by atoms with E-state index in [1.165, 1.54) is 0 Å². The van der Waals surface area contributed by atoms with Gasteiger partial charge in [-0.2, -0.15) is 0 Å². The first kappa shape index (κ1) is 19.2. The van der Waals surface area contributed by atoms with Crippen molar-refractivity contribution < 1.29 is 23.8 Å². The summed E-state index contributed by atoms with van der Waals surface area (Å²) in [7, 11) is 0. The molecular formula is C16H26O5. The molecule has 0 N–H and O–H groups in total. The summed E-state index contributed by atoms with van der Waals surface area (Å²) in [5, 5.41) is 0. The fourth-order valence-electron chi connectivity index (χ4n) is 1.13. The fraction of sp³-hybridized carbons (Fsp3) is 0.625. The molecular weight excluding hydrogens is 272 g/mol. The Morgan fingerprint density at radius 2 is 1.48 bits per heavy atom. The summed E-state index contributed by atoms with van der Waals surface area (Å²) >= 11 is 0. The first-order valence-corrected chi connectivity index (χ1v) is 6.72. The monoisotopic (exact) mass is 298 g/mol. The van der Waals surface area contributed by atoms with Crippen LogP contribution < -0.4 is 0 Å². The van der Waals surface area contributed by atoms with Crippen LogP contribution in [0.25, 0.3) is 0 Å². The van der Waals surface area contributed by atoms with Crippen LogP contribution in [0.5, 0.6) is 0 Å². The van der Waals surface area contributed by atoms with Gasteiger partial charge in [0.15, 0.2) is 0 Å². The molecule has 0 amide bonds. The van der Waals surface area contributed by atoms with E-state index in [1.807, 2.05) is 20.8 Å². The second-order valence-corrected chi connectivity index (χ2v) is 6.73. The molecule has 0 saturated heterocycles. The van der Waals surface area contributed by atoms with Gasteiger partial charge in [0.2, 0.25) is 6.79 Å². The number of esters is 2. The van der Waals surface area contributed by atoms with Crippen LogP contribution in [0.1, 0.15) is 48.0 Å². The molecule has 0 rings (SSSR count). The summed E-state index contributed by atoms with van der Waals surface area (Å²) in [6.07, 6.45) is -0.0675. The molecule has 0 aromatic carbocycles. The van der Waals surface area contributed by atoms with Crippen molar-refractivity contribution in [1.29, 1.82) is 0 Å². The lowest BCUT2D eigenvalue weighted by Gasteiger charge is -2.23. The Kier molecular flexibility index (Phi) is 6.67. The number of rotatable bonds is 6. The molecule has 0 aliphatic rings. The molecule has 0 aliphatic heterocycles. The smallest absolute Gasteiger partial charge is 0.314 e. The van der Waals surface area contributed by atoms with Crippen molar-refractivity contribution in [2.24, 2.45) is 5.41 Å². The van der Waals surface area contributed by atoms with Gasteiger partial charge in [0.25, 0.3) is 0 Å². The molecule has 0 bridgehead atoms. The molecule has 0 aromatic heterocycles. The zero-order valence-corrected chi connectivity index (χ0v) is 13.9. The van der Waals surface area contributed by atoms with Gasteiger partial charge < -0.3 is 14.2 Å². The summed E-state index contributed by atoms with van der Waals surface area (Å²) in [6, 6.07) is 0. The zero-order valence-electron chi connectivity index (χ0n) is 13.9. The molecule has 0 radical (unpaired) electrons. The summed E-state index contributed by atoms with van der Waals surface area (Å²) in [4.78, 5) is 23.1. The standard InChI is InChI=1S/C16H26O5/c1-11(12(2)21-16(6,7)8)9-13(17)19-10-20-14(18)15(3,4)5/h1-2,9-10H2,3-8H3. The Morgan fingerprint density at radius 1 is 0.952 bits per heavy atom. The van der Waals surface area contributed by atoms with Crippen molar-refractivity contribution in [3.8, 4) is 0 Å². The summed E-state index contributed by atoms with van der Waals surface area (Å²) in [5.41, 5.74) is -0.617. The second-order valence-electron chi connectivity index (χ2n) is 6.73. The van der Waals surface area contributed by atoms with Gasteiger partial charge in [-0.15, -0.1) is 0 Å². The van der Waals surface area contributed by atoms with Crippen LogP contribution >= 0.6 is 0 Å². The third kappa shape index (κ3) is 8.89. The highest BCUT2D eigenvalue weighted by molar-refractivity contribution is 5.76. The normalized spacial score (nSPS) is 11.5. The highest BCUT2D eigenvalue weighted by Gasteiger charge is 2.23. The minimum absolute atomic E-state index is 0.0675. The van der Waals surface area contributed by atoms with Crippen LogP contribution in [-0.4, -0.2) is 24.3 Å². The lowest BCUT2D eigenvalue weighted by Crippen LogP contribution is -2.25. The number of carbonyl (C=O) groups is 2. The van der Waals surface area contributed by atoms with Gasteiger partial charge >= 0.3 is 11.9 Å². The van der Waals surface area contributed by atoms with Crippen molar-refractivity contribution in [3.05, 3.63) is 24.5 Å². The first-order valence-electron chi connectivity index (χ1n) is 6.72. The second kappa shape index (κ2) is 7.29. The van der Waals surface area contributed by atoms with Crippen molar-refractivity contribution in [3.63, 3.8) is 0 Å². The number of hydrogen-bond donors (Lipinski definition) is 0. The third-order valence-electron chi connectivity index (χ3n) is 2.20. The average Bonchev–Trinajstić information content (AvgIpc) is 2.24. The molecule has 0 saturated carbocycles. The molecule has 0 fully saturated rings. The Hall–Kier alpha value is -1.78. The topological polar surface area (TPSA) is 61.8 Å². The Morgan fingerprint density at radius 3 is 1.90 bits per heavy atom. The van der Waals surface area contributed by atoms with Gasteiger partial charge in [-0.25, -0.2) is 0 Å². The maximum Gasteiger partial charge on any atom is 0.314 e. The average molecular weight is 298 g/mol. The molecule has 120 valence electrons. The molecule has 0 aromatic rings. The van der Waals surface area contributed by atoms with Crippen LogP contribution in [0.15, 0.2) is 24.5 Å². The maximum atomic E-state index is 11.6. The molecule has 5 nitrogen and oxygen atoms in total. The third-order valence-corrected chi connectivity index (χ3v) is 2.20. The zero-order chi connectivity index (χ0) is 16.8. The van der Waals surface area contributed by atoms with E-state index in [4.69, 9.17) is 14.2 Å². The van der Waals surface area contributed by atoms with Crippen LogP contribution in [0, 0.1) is 5.41 Å². The molecule has 0 unspecified atom stereocenters. The van der Waals surface area contributed by atoms with E-state index >= 15 is 0 Å². The Balaban J connectivity index is 4.13. The molecule has 0 aliphatic carbocycles. The molecule has 21 heavy (non-hydrogen) atoms. The maximum absolute atomic E-state index is 11.6. The SMILES string of the molecule is C=C(CC(=O)OCOC(=O)C(C)(C)C)C(=C)OC(C)(C)C. The number of hydrogen-bond acceptors (Lipinski definition) is 5. The van der Waals surface area contributed by atoms with Crippen molar-refractivity contribution in [1.82, 2.24) is 0 Å². The predicted octanol–water partition coefficient (Wildman–Crippen LogP) is 3.35. The summed E-state index contributed by atoms with van der Waals surface area (Å²) in [6.45, 7) is 17.8. The number of allylic oxidation sites excluding steroid dienone is 1. The van der Waals surface area contributed by atoms with E-state index in [1.54, 1.807) is 20.8 Å². The van der Waals surface area contributed by atoms with E-state index in [9.17, 15) is 9.59 Å². The molecule has 0 heterocycles. The van der Waals surface area contributed by atoms with Crippen LogP contribution in [0.3, 0.4) is 0 Å². The number of ether oxygens (including phenoxy) is 3. The van der Waals surface area contributed by atoms with E-state index in [2.05, 4.69) is 13.2 Å². The lowest BCUT2D eigenvalue weighted by atomic mass is 9.98. The lowest BCUT2D eigenvalue weighted by molar-refractivity contribution is -0.172. The van der Waals surface area contributed by atoms with Crippen molar-refractivity contribution in [2.75, 3.05) is 6.79 Å². The van der Waals surface area contributed by atoms with Crippen LogP contribution in [0.4, 0.5) is 0 Å². The van der Waals surface area contributed by atoms with E-state index < -0.39 is 29.7 Å². The van der Waals surface area contributed by atoms with Gasteiger partial charge in [0.05, 0.1) is 11.8 Å². The van der Waals surface area contributed by atoms with Gasteiger partial charge in [-0.05, 0) is 47.1 Å². The first-order chi connectivity index (χ1) is 9.33. The Labute approximate surface area is 126 Å². The van der Waals surface area contributed by atoms with E-state index in [0.717, 1.165) is 0 Å². The Bertz CT molecular complexity index is 421. The van der Waals surface area contributed by atoms with E-state index in [0.29, 0.717) is 11.3 Å². The minimum atomic E-state index is -0.634. The minimum Gasteiger partial charge on any atom is -0.489 e. The van der Waals surface area contributed by atoms with Crippen LogP contribution in [-0.2, 0) is 23.8 Å². The molecule has 0 spiro atoms. The molecule has 5 heteroatoms. The number of carbonyl (C=O) groups excluding carboxylic acids is 2. The highest BCUT2D eigenvalue weighted by Crippen LogP contribution is 2.20. The van der Waals surface area contributed by atoms with Crippen molar-refractivity contribution in [2.45, 2.75) is 53.6 Å². The van der Waals surface area contributed by atoms with Gasteiger partial charge in [0.1, 0.15) is 11.4 Å². The summed E-state index contributed by atoms with van der Waals surface area (Å²) in [5.74, 6) is -0.652. The van der Waals surface area contributed by atoms with Crippen molar-refractivity contribution >= 4 is 11.9 Å². The van der Waals surface area contributed by atoms with Crippen LogP contribution in [0.2, 0.25) is 0 Å². The van der Waals surface area contributed by atoms with Gasteiger partial charge in [0, 0.05) is 0 Å². The summed E-state index contributed by atoms with van der Waals surface area (Å²) < 4.78 is 15.2. The van der Waals surface area contributed by atoms with Gasteiger partial charge in [-0.1, -0.05) is 13.2 Å². The van der Waals surface area contributed by atoms with E-state index in [-0.39, 0.29) is 6.42 Å². The van der Waals surface area contributed by atoms with Gasteiger partial charge in [-0.3, -0.25) is 9.59 Å².